The highest BCUT2D eigenvalue weighted by atomic mass is 32.1. The van der Waals surface area contributed by atoms with E-state index < -0.39 is 23.8 Å². The average molecular weight is 575 g/mol. The molecule has 0 bridgehead atoms. The molecule has 3 aromatic heterocycles. The summed E-state index contributed by atoms with van der Waals surface area (Å²) >= 11 is 2.18. The summed E-state index contributed by atoms with van der Waals surface area (Å²) in [5.41, 5.74) is 13.1. The summed E-state index contributed by atoms with van der Waals surface area (Å²) in [6.07, 6.45) is 1.67. The molecule has 9 nitrogen and oxygen atoms in total. The van der Waals surface area contributed by atoms with E-state index in [1.54, 1.807) is 36.5 Å². The van der Waals surface area contributed by atoms with Gasteiger partial charge >= 0.3 is 0 Å². The Morgan fingerprint density at radius 2 is 1.85 bits per heavy atom. The molecule has 40 heavy (non-hydrogen) atoms. The standard InChI is InChI=1S/C28H23FN6O3S2/c29-19-8-5-16(6-9-19)14-33-27(37)24(18-7-10-21-17(13-18)3-1-11-32-21)35(15-20-4-2-12-39-20)28(38)25-22(30)23(26(31)36)34-40-25/h1-13,24H,14-15,30H2,(H2,31,36)(H,33,37). The molecule has 0 aliphatic rings. The first kappa shape index (κ1) is 26.9. The van der Waals surface area contributed by atoms with Crippen molar-refractivity contribution in [3.05, 3.63) is 111 Å². The Morgan fingerprint density at radius 3 is 2.55 bits per heavy atom. The molecule has 5 rings (SSSR count). The Morgan fingerprint density at radius 1 is 1.05 bits per heavy atom. The van der Waals surface area contributed by atoms with Crippen LogP contribution in [0.5, 0.6) is 0 Å². The largest absolute Gasteiger partial charge is 0.395 e. The van der Waals surface area contributed by atoms with Gasteiger partial charge in [0.05, 0.1) is 17.7 Å². The lowest BCUT2D eigenvalue weighted by Crippen LogP contribution is -2.43. The molecule has 1 unspecified atom stereocenters. The summed E-state index contributed by atoms with van der Waals surface area (Å²) in [7, 11) is 0. The molecule has 0 aliphatic heterocycles. The predicted molar refractivity (Wildman–Crippen MR) is 152 cm³/mol. The molecule has 3 heterocycles. The molecule has 12 heteroatoms. The Labute approximate surface area is 236 Å². The van der Waals surface area contributed by atoms with Gasteiger partial charge in [0.1, 0.15) is 16.7 Å². The number of nitrogen functional groups attached to an aromatic ring is 1. The maximum Gasteiger partial charge on any atom is 0.270 e. The number of thiophene rings is 1. The zero-order valence-corrected chi connectivity index (χ0v) is 22.5. The van der Waals surface area contributed by atoms with Crippen molar-refractivity contribution < 1.29 is 18.8 Å². The highest BCUT2D eigenvalue weighted by molar-refractivity contribution is 7.10. The van der Waals surface area contributed by atoms with E-state index in [4.69, 9.17) is 11.5 Å². The van der Waals surface area contributed by atoms with Gasteiger partial charge in [0.15, 0.2) is 5.69 Å². The normalized spacial score (nSPS) is 11.7. The Hall–Kier alpha value is -4.68. The van der Waals surface area contributed by atoms with Gasteiger partial charge in [0, 0.05) is 23.0 Å². The van der Waals surface area contributed by atoms with E-state index in [1.165, 1.54) is 28.4 Å². The van der Waals surface area contributed by atoms with Gasteiger partial charge in [-0.25, -0.2) is 4.39 Å². The predicted octanol–water partition coefficient (Wildman–Crippen LogP) is 4.27. The summed E-state index contributed by atoms with van der Waals surface area (Å²) in [4.78, 5) is 46.3. The summed E-state index contributed by atoms with van der Waals surface area (Å²) in [6.45, 7) is 0.194. The van der Waals surface area contributed by atoms with Crippen LogP contribution in [-0.2, 0) is 17.9 Å². The zero-order valence-electron chi connectivity index (χ0n) is 20.9. The fraction of sp³-hybridized carbons (Fsp3) is 0.107. The van der Waals surface area contributed by atoms with Crippen molar-refractivity contribution >= 4 is 57.2 Å². The molecule has 5 aromatic rings. The lowest BCUT2D eigenvalue weighted by molar-refractivity contribution is -0.126. The summed E-state index contributed by atoms with van der Waals surface area (Å²) in [5, 5.41) is 5.54. The van der Waals surface area contributed by atoms with Gasteiger partial charge < -0.3 is 21.7 Å². The van der Waals surface area contributed by atoms with E-state index in [2.05, 4.69) is 14.7 Å². The number of primary amides is 1. The summed E-state index contributed by atoms with van der Waals surface area (Å²) < 4.78 is 17.4. The molecule has 0 aliphatic carbocycles. The molecular weight excluding hydrogens is 551 g/mol. The SMILES string of the molecule is NC(=O)c1nsc(C(=O)N(Cc2cccs2)C(C(=O)NCc2ccc(F)cc2)c2ccc3ncccc3c2)c1N. The molecule has 0 spiro atoms. The second-order valence-corrected chi connectivity index (χ2v) is 10.7. The van der Waals surface area contributed by atoms with Crippen molar-refractivity contribution in [1.82, 2.24) is 19.6 Å². The number of carbonyl (C=O) groups is 3. The number of aromatic nitrogens is 2. The van der Waals surface area contributed by atoms with Crippen molar-refractivity contribution in [2.24, 2.45) is 5.73 Å². The van der Waals surface area contributed by atoms with E-state index in [0.717, 1.165) is 27.3 Å². The Kier molecular flexibility index (Phi) is 7.80. The minimum atomic E-state index is -1.10. The fourth-order valence-corrected chi connectivity index (χ4v) is 5.70. The van der Waals surface area contributed by atoms with Gasteiger partial charge in [-0.2, -0.15) is 4.37 Å². The number of amides is 3. The third kappa shape index (κ3) is 5.67. The van der Waals surface area contributed by atoms with Crippen LogP contribution in [0, 0.1) is 5.82 Å². The number of pyridine rings is 1. The minimum Gasteiger partial charge on any atom is -0.395 e. The first-order valence-electron chi connectivity index (χ1n) is 12.1. The van der Waals surface area contributed by atoms with Crippen molar-refractivity contribution in [3.63, 3.8) is 0 Å². The molecule has 2 aromatic carbocycles. The molecule has 1 atom stereocenters. The highest BCUT2D eigenvalue weighted by Gasteiger charge is 2.35. The number of nitrogens with two attached hydrogens (primary N) is 2. The molecule has 3 amide bonds. The lowest BCUT2D eigenvalue weighted by atomic mass is 10.0. The van der Waals surface area contributed by atoms with Gasteiger partial charge in [-0.3, -0.25) is 19.4 Å². The van der Waals surface area contributed by atoms with Crippen LogP contribution >= 0.6 is 22.9 Å². The number of nitrogens with one attached hydrogen (secondary N) is 1. The molecule has 5 N–H and O–H groups in total. The third-order valence-corrected chi connectivity index (χ3v) is 7.92. The zero-order chi connectivity index (χ0) is 28.2. The topological polar surface area (TPSA) is 144 Å². The number of hydrogen-bond acceptors (Lipinski definition) is 8. The van der Waals surface area contributed by atoms with Gasteiger partial charge in [-0.05, 0) is 64.4 Å². The number of nitrogens with zero attached hydrogens (tertiary/aromatic N) is 3. The lowest BCUT2D eigenvalue weighted by Gasteiger charge is -2.31. The number of anilines is 1. The van der Waals surface area contributed by atoms with E-state index in [0.29, 0.717) is 11.1 Å². The van der Waals surface area contributed by atoms with Crippen LogP contribution in [-0.4, -0.2) is 32.0 Å². The maximum atomic E-state index is 14.1. The van der Waals surface area contributed by atoms with Gasteiger partial charge in [-0.1, -0.05) is 30.3 Å². The molecule has 0 radical (unpaired) electrons. The quantitative estimate of drug-likeness (QED) is 0.240. The Balaban J connectivity index is 1.58. The Bertz CT molecular complexity index is 1690. The number of hydrogen-bond donors (Lipinski definition) is 3. The third-order valence-electron chi connectivity index (χ3n) is 6.21. The number of halogens is 1. The maximum absolute atomic E-state index is 14.1. The van der Waals surface area contributed by atoms with Crippen molar-refractivity contribution in [2.45, 2.75) is 19.1 Å². The van der Waals surface area contributed by atoms with Crippen LogP contribution in [0.15, 0.2) is 78.3 Å². The smallest absolute Gasteiger partial charge is 0.270 e. The van der Waals surface area contributed by atoms with Gasteiger partial charge in [0.25, 0.3) is 11.8 Å². The summed E-state index contributed by atoms with van der Waals surface area (Å²) in [6, 6.07) is 17.4. The summed E-state index contributed by atoms with van der Waals surface area (Å²) in [5.74, 6) is -2.28. The molecule has 0 saturated carbocycles. The second kappa shape index (κ2) is 11.6. The number of benzene rings is 2. The van der Waals surface area contributed by atoms with E-state index >= 15 is 0 Å². The molecule has 202 valence electrons. The average Bonchev–Trinajstić information content (AvgIpc) is 3.61. The van der Waals surface area contributed by atoms with Crippen LogP contribution in [0.2, 0.25) is 0 Å². The van der Waals surface area contributed by atoms with E-state index in [1.807, 2.05) is 29.6 Å². The van der Waals surface area contributed by atoms with E-state index in [-0.39, 0.29) is 35.2 Å². The number of fused-ring (bicyclic) bond motifs is 1. The van der Waals surface area contributed by atoms with Gasteiger partial charge in [0.2, 0.25) is 5.91 Å². The van der Waals surface area contributed by atoms with Crippen molar-refractivity contribution in [2.75, 3.05) is 5.73 Å². The molecule has 0 fully saturated rings. The van der Waals surface area contributed by atoms with Crippen LogP contribution in [0.4, 0.5) is 10.1 Å². The second-order valence-electron chi connectivity index (χ2n) is 8.85. The number of rotatable bonds is 9. The van der Waals surface area contributed by atoms with E-state index in [9.17, 15) is 18.8 Å². The fourth-order valence-electron chi connectivity index (χ4n) is 4.24. The first-order chi connectivity index (χ1) is 19.3. The van der Waals surface area contributed by atoms with Crippen molar-refractivity contribution in [3.8, 4) is 0 Å². The van der Waals surface area contributed by atoms with Crippen LogP contribution in [0.25, 0.3) is 10.9 Å². The highest BCUT2D eigenvalue weighted by Crippen LogP contribution is 2.32. The van der Waals surface area contributed by atoms with Crippen LogP contribution in [0.3, 0.4) is 0 Å². The van der Waals surface area contributed by atoms with Crippen LogP contribution < -0.4 is 16.8 Å². The van der Waals surface area contributed by atoms with Crippen molar-refractivity contribution in [1.29, 1.82) is 0 Å². The monoisotopic (exact) mass is 574 g/mol. The first-order valence-corrected chi connectivity index (χ1v) is 13.7. The number of carbonyl (C=O) groups excluding carboxylic acids is 3. The molecule has 0 saturated heterocycles. The van der Waals surface area contributed by atoms with Gasteiger partial charge in [-0.15, -0.1) is 11.3 Å². The molecular formula is C28H23FN6O3S2. The van der Waals surface area contributed by atoms with Crippen LogP contribution in [0.1, 0.15) is 42.2 Å². The minimum absolute atomic E-state index is 0.00384.